The van der Waals surface area contributed by atoms with Crippen LogP contribution in [0.15, 0.2) is 42.6 Å². The number of anilines is 1. The fourth-order valence-electron chi connectivity index (χ4n) is 1.54. The van der Waals surface area contributed by atoms with E-state index in [1.165, 1.54) is 0 Å². The first-order chi connectivity index (χ1) is 9.20. The molecule has 0 atom stereocenters. The normalized spacial score (nSPS) is 10.0. The van der Waals surface area contributed by atoms with Gasteiger partial charge in [-0.25, -0.2) is 0 Å². The number of halogens is 1. The highest BCUT2D eigenvalue weighted by atomic mass is 35.5. The standard InChI is InChI=1S/C14H13ClN2O2/c1-2-19-13-7-6-10(9-11(13)15)17-14(18)12-5-3-4-8-16-12/h3-9H,2H2,1H3,(H,17,18). The number of carbonyl (C=O) groups excluding carboxylic acids is 1. The van der Waals surface area contributed by atoms with Crippen molar-refractivity contribution in [1.82, 2.24) is 4.98 Å². The van der Waals surface area contributed by atoms with Gasteiger partial charge in [0, 0.05) is 11.9 Å². The van der Waals surface area contributed by atoms with E-state index in [1.807, 2.05) is 6.92 Å². The number of rotatable bonds is 4. The van der Waals surface area contributed by atoms with Crippen LogP contribution in [-0.2, 0) is 0 Å². The predicted octanol–water partition coefficient (Wildman–Crippen LogP) is 3.39. The highest BCUT2D eigenvalue weighted by Crippen LogP contribution is 2.27. The minimum atomic E-state index is -0.277. The number of benzene rings is 1. The van der Waals surface area contributed by atoms with Crippen molar-refractivity contribution in [3.8, 4) is 5.75 Å². The number of nitrogens with zero attached hydrogens (tertiary/aromatic N) is 1. The van der Waals surface area contributed by atoms with E-state index in [-0.39, 0.29) is 5.91 Å². The summed E-state index contributed by atoms with van der Waals surface area (Å²) in [6, 6.07) is 10.3. The maximum atomic E-state index is 11.9. The summed E-state index contributed by atoms with van der Waals surface area (Å²) in [7, 11) is 0. The van der Waals surface area contributed by atoms with Crippen molar-refractivity contribution in [2.75, 3.05) is 11.9 Å². The summed E-state index contributed by atoms with van der Waals surface area (Å²) in [4.78, 5) is 15.9. The van der Waals surface area contributed by atoms with E-state index >= 15 is 0 Å². The number of pyridine rings is 1. The Bertz CT molecular complexity index is 573. The largest absolute Gasteiger partial charge is 0.492 e. The van der Waals surface area contributed by atoms with Crippen molar-refractivity contribution in [2.45, 2.75) is 6.92 Å². The second-order valence-electron chi connectivity index (χ2n) is 3.75. The fourth-order valence-corrected chi connectivity index (χ4v) is 1.78. The lowest BCUT2D eigenvalue weighted by Gasteiger charge is -2.08. The van der Waals surface area contributed by atoms with E-state index in [0.29, 0.717) is 28.8 Å². The lowest BCUT2D eigenvalue weighted by Crippen LogP contribution is -2.13. The van der Waals surface area contributed by atoms with Crippen molar-refractivity contribution < 1.29 is 9.53 Å². The smallest absolute Gasteiger partial charge is 0.274 e. The third-order valence-corrected chi connectivity index (χ3v) is 2.68. The van der Waals surface area contributed by atoms with Crippen LogP contribution in [-0.4, -0.2) is 17.5 Å². The molecule has 0 spiro atoms. The second-order valence-corrected chi connectivity index (χ2v) is 4.15. The Morgan fingerprint density at radius 1 is 1.37 bits per heavy atom. The van der Waals surface area contributed by atoms with Gasteiger partial charge in [0.1, 0.15) is 11.4 Å². The summed E-state index contributed by atoms with van der Waals surface area (Å²) < 4.78 is 5.32. The molecule has 0 aliphatic rings. The SMILES string of the molecule is CCOc1ccc(NC(=O)c2ccccn2)cc1Cl. The van der Waals surface area contributed by atoms with E-state index in [2.05, 4.69) is 10.3 Å². The van der Waals surface area contributed by atoms with E-state index in [0.717, 1.165) is 0 Å². The Kier molecular flexibility index (Phi) is 4.36. The van der Waals surface area contributed by atoms with Crippen LogP contribution in [0.3, 0.4) is 0 Å². The molecule has 19 heavy (non-hydrogen) atoms. The van der Waals surface area contributed by atoms with Crippen molar-refractivity contribution in [2.24, 2.45) is 0 Å². The van der Waals surface area contributed by atoms with Gasteiger partial charge in [0.15, 0.2) is 0 Å². The third-order valence-electron chi connectivity index (χ3n) is 2.39. The molecule has 1 aromatic heterocycles. The highest BCUT2D eigenvalue weighted by molar-refractivity contribution is 6.32. The summed E-state index contributed by atoms with van der Waals surface area (Å²) in [6.45, 7) is 2.42. The molecular weight excluding hydrogens is 264 g/mol. The molecule has 0 saturated heterocycles. The molecule has 0 unspecified atom stereocenters. The minimum absolute atomic E-state index is 0.277. The minimum Gasteiger partial charge on any atom is -0.492 e. The van der Waals surface area contributed by atoms with Crippen LogP contribution in [0.5, 0.6) is 5.75 Å². The third kappa shape index (κ3) is 3.45. The number of hydrogen-bond acceptors (Lipinski definition) is 3. The van der Waals surface area contributed by atoms with Crippen molar-refractivity contribution in [3.05, 3.63) is 53.3 Å². The summed E-state index contributed by atoms with van der Waals surface area (Å²) >= 11 is 6.05. The van der Waals surface area contributed by atoms with E-state index in [9.17, 15) is 4.79 Å². The molecule has 1 amide bonds. The quantitative estimate of drug-likeness (QED) is 0.931. The zero-order valence-electron chi connectivity index (χ0n) is 10.4. The zero-order chi connectivity index (χ0) is 13.7. The average Bonchev–Trinajstić information content (AvgIpc) is 2.43. The monoisotopic (exact) mass is 276 g/mol. The Balaban J connectivity index is 2.12. The summed E-state index contributed by atoms with van der Waals surface area (Å²) in [6.07, 6.45) is 1.57. The zero-order valence-corrected chi connectivity index (χ0v) is 11.1. The molecule has 98 valence electrons. The van der Waals surface area contributed by atoms with Crippen LogP contribution in [0.4, 0.5) is 5.69 Å². The summed E-state index contributed by atoms with van der Waals surface area (Å²) in [5, 5.41) is 3.19. The summed E-state index contributed by atoms with van der Waals surface area (Å²) in [5.41, 5.74) is 0.955. The van der Waals surface area contributed by atoms with Crippen LogP contribution >= 0.6 is 11.6 Å². The molecule has 0 aliphatic carbocycles. The Hall–Kier alpha value is -2.07. The first-order valence-corrected chi connectivity index (χ1v) is 6.23. The van der Waals surface area contributed by atoms with Gasteiger partial charge in [0.05, 0.1) is 11.6 Å². The molecule has 1 aromatic carbocycles. The first kappa shape index (κ1) is 13.4. The molecule has 2 aromatic rings. The molecule has 0 bridgehead atoms. The molecule has 0 fully saturated rings. The molecule has 0 saturated carbocycles. The molecule has 2 rings (SSSR count). The van der Waals surface area contributed by atoms with E-state index in [1.54, 1.807) is 42.6 Å². The van der Waals surface area contributed by atoms with Gasteiger partial charge in [0.25, 0.3) is 5.91 Å². The van der Waals surface area contributed by atoms with Crippen molar-refractivity contribution in [3.63, 3.8) is 0 Å². The van der Waals surface area contributed by atoms with Crippen LogP contribution in [0.2, 0.25) is 5.02 Å². The van der Waals surface area contributed by atoms with Gasteiger partial charge < -0.3 is 10.1 Å². The average molecular weight is 277 g/mol. The van der Waals surface area contributed by atoms with Crippen LogP contribution in [0, 0.1) is 0 Å². The molecule has 0 radical (unpaired) electrons. The van der Waals surface area contributed by atoms with Gasteiger partial charge in [-0.05, 0) is 37.3 Å². The number of nitrogens with one attached hydrogen (secondary N) is 1. The number of carbonyl (C=O) groups is 1. The van der Waals surface area contributed by atoms with Gasteiger partial charge in [-0.3, -0.25) is 9.78 Å². The van der Waals surface area contributed by atoms with Crippen LogP contribution in [0.1, 0.15) is 17.4 Å². The summed E-state index contributed by atoms with van der Waals surface area (Å²) in [5.74, 6) is 0.320. The lowest BCUT2D eigenvalue weighted by molar-refractivity contribution is 0.102. The maximum absolute atomic E-state index is 11.9. The molecule has 1 heterocycles. The van der Waals surface area contributed by atoms with Gasteiger partial charge in [-0.1, -0.05) is 17.7 Å². The topological polar surface area (TPSA) is 51.2 Å². The maximum Gasteiger partial charge on any atom is 0.274 e. The van der Waals surface area contributed by atoms with Crippen LogP contribution < -0.4 is 10.1 Å². The number of aromatic nitrogens is 1. The van der Waals surface area contributed by atoms with Gasteiger partial charge >= 0.3 is 0 Å². The van der Waals surface area contributed by atoms with Crippen molar-refractivity contribution in [1.29, 1.82) is 0 Å². The number of ether oxygens (including phenoxy) is 1. The Labute approximate surface area is 116 Å². The molecule has 1 N–H and O–H groups in total. The molecule has 0 aliphatic heterocycles. The van der Waals surface area contributed by atoms with Crippen molar-refractivity contribution >= 4 is 23.2 Å². The number of amides is 1. The molecular formula is C14H13ClN2O2. The van der Waals surface area contributed by atoms with Gasteiger partial charge in [0.2, 0.25) is 0 Å². The van der Waals surface area contributed by atoms with Gasteiger partial charge in [-0.15, -0.1) is 0 Å². The van der Waals surface area contributed by atoms with Crippen LogP contribution in [0.25, 0.3) is 0 Å². The number of hydrogen-bond donors (Lipinski definition) is 1. The van der Waals surface area contributed by atoms with Gasteiger partial charge in [-0.2, -0.15) is 0 Å². The predicted molar refractivity (Wildman–Crippen MR) is 74.8 cm³/mol. The first-order valence-electron chi connectivity index (χ1n) is 5.85. The molecule has 4 nitrogen and oxygen atoms in total. The Morgan fingerprint density at radius 3 is 2.84 bits per heavy atom. The molecule has 5 heteroatoms. The fraction of sp³-hybridized carbons (Fsp3) is 0.143. The van der Waals surface area contributed by atoms with E-state index < -0.39 is 0 Å². The van der Waals surface area contributed by atoms with E-state index in [4.69, 9.17) is 16.3 Å². The Morgan fingerprint density at radius 2 is 2.21 bits per heavy atom. The highest BCUT2D eigenvalue weighted by Gasteiger charge is 2.08. The second kappa shape index (κ2) is 6.20. The lowest BCUT2D eigenvalue weighted by atomic mass is 10.2.